The number of anilines is 1. The summed E-state index contributed by atoms with van der Waals surface area (Å²) < 4.78 is 15.2. The number of nitrogen functional groups attached to an aromatic ring is 1. The highest BCUT2D eigenvalue weighted by atomic mass is 35.5. The lowest BCUT2D eigenvalue weighted by Gasteiger charge is -2.27. The summed E-state index contributed by atoms with van der Waals surface area (Å²) in [4.78, 5) is 23.5. The van der Waals surface area contributed by atoms with Crippen molar-refractivity contribution in [2.75, 3.05) is 5.73 Å². The van der Waals surface area contributed by atoms with Gasteiger partial charge in [-0.25, -0.2) is 14.4 Å². The Labute approximate surface area is 171 Å². The number of imidazole rings is 1. The summed E-state index contributed by atoms with van der Waals surface area (Å²) >= 11 is 6.17. The number of hydrogen-bond acceptors (Lipinski definition) is 4. The van der Waals surface area contributed by atoms with Crippen LogP contribution in [0.25, 0.3) is 16.6 Å². The molecule has 2 aromatic carbocycles. The third-order valence-electron chi connectivity index (χ3n) is 4.86. The molecule has 2 N–H and O–H groups in total. The average Bonchev–Trinajstić information content (AvgIpc) is 3.17. The largest absolute Gasteiger partial charge is 0.382 e. The van der Waals surface area contributed by atoms with Crippen molar-refractivity contribution >= 4 is 39.9 Å². The molecule has 0 atom stereocenters. The summed E-state index contributed by atoms with van der Waals surface area (Å²) in [5, 5.41) is 0.293. The van der Waals surface area contributed by atoms with Gasteiger partial charge in [-0.05, 0) is 49.7 Å². The van der Waals surface area contributed by atoms with Crippen LogP contribution in [-0.4, -0.2) is 31.2 Å². The maximum absolute atomic E-state index is 13.4. The second-order valence-electron chi connectivity index (χ2n) is 7.11. The van der Waals surface area contributed by atoms with Gasteiger partial charge in [0.2, 0.25) is 0 Å². The standard InChI is InChI=1S/C21H19ClFN5O/c1-12(2)27(10-14-3-5-15(23)8-16(14)22)21(29)13-4-6-17-18(7-13)28-11-25-9-19(28)20(24)26-17/h3-9,11-12H,10H2,1-2H3,(H2,24,26). The molecule has 6 nitrogen and oxygen atoms in total. The molecule has 2 heterocycles. The van der Waals surface area contributed by atoms with Crippen molar-refractivity contribution in [2.24, 2.45) is 0 Å². The fourth-order valence-electron chi connectivity index (χ4n) is 3.30. The van der Waals surface area contributed by atoms with Gasteiger partial charge in [0.05, 0.1) is 23.6 Å². The molecule has 1 amide bonds. The van der Waals surface area contributed by atoms with Crippen molar-refractivity contribution in [3.8, 4) is 0 Å². The first-order valence-corrected chi connectivity index (χ1v) is 9.49. The molecule has 0 bridgehead atoms. The molecule has 0 unspecified atom stereocenters. The highest BCUT2D eigenvalue weighted by molar-refractivity contribution is 6.31. The third kappa shape index (κ3) is 3.49. The number of halogens is 2. The molecule has 148 valence electrons. The minimum atomic E-state index is -0.410. The number of amides is 1. The van der Waals surface area contributed by atoms with E-state index in [1.165, 1.54) is 12.1 Å². The summed E-state index contributed by atoms with van der Waals surface area (Å²) in [6, 6.07) is 9.37. The quantitative estimate of drug-likeness (QED) is 0.543. The van der Waals surface area contributed by atoms with E-state index in [1.807, 2.05) is 18.2 Å². The molecular weight excluding hydrogens is 393 g/mol. The van der Waals surface area contributed by atoms with Crippen molar-refractivity contribution in [3.05, 3.63) is 70.9 Å². The van der Waals surface area contributed by atoms with Crippen LogP contribution in [0, 0.1) is 5.82 Å². The van der Waals surface area contributed by atoms with Gasteiger partial charge in [-0.1, -0.05) is 17.7 Å². The molecule has 8 heteroatoms. The van der Waals surface area contributed by atoms with Crippen LogP contribution in [0.1, 0.15) is 29.8 Å². The smallest absolute Gasteiger partial charge is 0.254 e. The Kier molecular flexibility index (Phi) is 4.84. The van der Waals surface area contributed by atoms with Crippen molar-refractivity contribution < 1.29 is 9.18 Å². The van der Waals surface area contributed by atoms with E-state index in [0.717, 1.165) is 5.52 Å². The molecule has 0 fully saturated rings. The molecule has 0 spiro atoms. The molecule has 0 aliphatic rings. The first-order valence-electron chi connectivity index (χ1n) is 9.11. The Morgan fingerprint density at radius 1 is 1.24 bits per heavy atom. The number of carbonyl (C=O) groups excluding carboxylic acids is 1. The molecule has 4 rings (SSSR count). The molecule has 0 aliphatic carbocycles. The van der Waals surface area contributed by atoms with Crippen LogP contribution in [0.3, 0.4) is 0 Å². The lowest BCUT2D eigenvalue weighted by Crippen LogP contribution is -2.36. The maximum atomic E-state index is 13.4. The number of benzene rings is 2. The number of hydrogen-bond donors (Lipinski definition) is 1. The van der Waals surface area contributed by atoms with Crippen molar-refractivity contribution in [1.29, 1.82) is 0 Å². The lowest BCUT2D eigenvalue weighted by molar-refractivity contribution is 0.0690. The van der Waals surface area contributed by atoms with E-state index in [9.17, 15) is 9.18 Å². The minimum absolute atomic E-state index is 0.0860. The monoisotopic (exact) mass is 411 g/mol. The van der Waals surface area contributed by atoms with Crippen molar-refractivity contribution in [3.63, 3.8) is 0 Å². The van der Waals surface area contributed by atoms with Gasteiger partial charge in [0, 0.05) is 23.2 Å². The summed E-state index contributed by atoms with van der Waals surface area (Å²) in [5.41, 5.74) is 9.25. The molecule has 0 aliphatic heterocycles. The zero-order valence-electron chi connectivity index (χ0n) is 15.9. The summed E-state index contributed by atoms with van der Waals surface area (Å²) in [6.07, 6.45) is 3.27. The summed E-state index contributed by atoms with van der Waals surface area (Å²) in [6.45, 7) is 4.12. The lowest BCUT2D eigenvalue weighted by atomic mass is 10.1. The fraction of sp³-hybridized carbons (Fsp3) is 0.190. The van der Waals surface area contributed by atoms with E-state index in [0.29, 0.717) is 33.0 Å². The van der Waals surface area contributed by atoms with Crippen LogP contribution in [0.2, 0.25) is 5.02 Å². The highest BCUT2D eigenvalue weighted by Crippen LogP contribution is 2.24. The number of nitrogens with zero attached hydrogens (tertiary/aromatic N) is 4. The summed E-state index contributed by atoms with van der Waals surface area (Å²) in [7, 11) is 0. The van der Waals surface area contributed by atoms with Gasteiger partial charge in [-0.15, -0.1) is 0 Å². The first-order chi connectivity index (χ1) is 13.8. The van der Waals surface area contributed by atoms with Gasteiger partial charge in [0.25, 0.3) is 5.91 Å². The van der Waals surface area contributed by atoms with Crippen LogP contribution >= 0.6 is 11.6 Å². The Bertz CT molecular complexity index is 1240. The van der Waals surface area contributed by atoms with Gasteiger partial charge in [-0.2, -0.15) is 0 Å². The van der Waals surface area contributed by atoms with Gasteiger partial charge >= 0.3 is 0 Å². The zero-order valence-corrected chi connectivity index (χ0v) is 16.7. The molecule has 29 heavy (non-hydrogen) atoms. The first kappa shape index (κ1) is 19.1. The second-order valence-corrected chi connectivity index (χ2v) is 7.52. The van der Waals surface area contributed by atoms with Crippen LogP contribution in [-0.2, 0) is 6.54 Å². The molecular formula is C21H19ClFN5O. The number of fused-ring (bicyclic) bond motifs is 3. The van der Waals surface area contributed by atoms with Crippen LogP contribution in [0.4, 0.5) is 10.2 Å². The maximum Gasteiger partial charge on any atom is 0.254 e. The Morgan fingerprint density at radius 2 is 2.03 bits per heavy atom. The van der Waals surface area contributed by atoms with Gasteiger partial charge in [0.1, 0.15) is 17.2 Å². The number of aromatic nitrogens is 3. The summed E-state index contributed by atoms with van der Waals surface area (Å²) in [5.74, 6) is -0.192. The topological polar surface area (TPSA) is 76.5 Å². The molecule has 0 radical (unpaired) electrons. The Hall–Kier alpha value is -3.19. The van der Waals surface area contributed by atoms with E-state index >= 15 is 0 Å². The number of rotatable bonds is 4. The van der Waals surface area contributed by atoms with Crippen LogP contribution in [0.5, 0.6) is 0 Å². The van der Waals surface area contributed by atoms with Gasteiger partial charge in [0.15, 0.2) is 0 Å². The second kappa shape index (κ2) is 7.33. The van der Waals surface area contributed by atoms with Crippen molar-refractivity contribution in [1.82, 2.24) is 19.3 Å². The van der Waals surface area contributed by atoms with Gasteiger partial charge in [-0.3, -0.25) is 9.20 Å². The Morgan fingerprint density at radius 3 is 2.76 bits per heavy atom. The third-order valence-corrected chi connectivity index (χ3v) is 5.22. The predicted octanol–water partition coefficient (Wildman–Crippen LogP) is 4.31. The molecule has 0 saturated heterocycles. The van der Waals surface area contributed by atoms with E-state index in [1.54, 1.807) is 41.7 Å². The van der Waals surface area contributed by atoms with Gasteiger partial charge < -0.3 is 10.6 Å². The predicted molar refractivity (Wildman–Crippen MR) is 111 cm³/mol. The molecule has 4 aromatic rings. The van der Waals surface area contributed by atoms with Crippen LogP contribution < -0.4 is 5.73 Å². The fourth-order valence-corrected chi connectivity index (χ4v) is 3.52. The zero-order chi connectivity index (χ0) is 20.7. The van der Waals surface area contributed by atoms with Crippen LogP contribution in [0.15, 0.2) is 48.9 Å². The van der Waals surface area contributed by atoms with E-state index in [-0.39, 0.29) is 18.5 Å². The van der Waals surface area contributed by atoms with E-state index in [2.05, 4.69) is 9.97 Å². The SMILES string of the molecule is CC(C)N(Cc1ccc(F)cc1Cl)C(=O)c1ccc2nc(N)c3cncn3c2c1. The average molecular weight is 412 g/mol. The minimum Gasteiger partial charge on any atom is -0.382 e. The molecule has 2 aromatic heterocycles. The molecule has 0 saturated carbocycles. The Balaban J connectivity index is 1.74. The normalized spacial score (nSPS) is 11.5. The van der Waals surface area contributed by atoms with E-state index < -0.39 is 5.82 Å². The highest BCUT2D eigenvalue weighted by Gasteiger charge is 2.21. The van der Waals surface area contributed by atoms with E-state index in [4.69, 9.17) is 17.3 Å². The number of nitrogens with two attached hydrogens (primary N) is 1. The number of carbonyl (C=O) groups is 1. The van der Waals surface area contributed by atoms with Crippen molar-refractivity contribution in [2.45, 2.75) is 26.4 Å².